The molecule has 0 amide bonds. The SMILES string of the molecule is [N-]=[N+]=Nc1ccc(S(N)(=O)=O)cc1F. The predicted molar refractivity (Wildman–Crippen MR) is 46.6 cm³/mol. The minimum Gasteiger partial charge on any atom is -0.225 e. The van der Waals surface area contributed by atoms with Crippen LogP contribution in [0.5, 0.6) is 0 Å². The molecule has 0 aliphatic carbocycles. The fourth-order valence-electron chi connectivity index (χ4n) is 0.794. The van der Waals surface area contributed by atoms with Gasteiger partial charge in [-0.2, -0.15) is 0 Å². The van der Waals surface area contributed by atoms with E-state index in [9.17, 15) is 12.8 Å². The molecule has 1 rings (SSSR count). The van der Waals surface area contributed by atoms with Crippen molar-refractivity contribution in [2.75, 3.05) is 0 Å². The van der Waals surface area contributed by atoms with E-state index in [0.29, 0.717) is 6.07 Å². The molecule has 0 spiro atoms. The summed E-state index contributed by atoms with van der Waals surface area (Å²) in [4.78, 5) is 1.99. The van der Waals surface area contributed by atoms with Gasteiger partial charge in [0.25, 0.3) is 0 Å². The van der Waals surface area contributed by atoms with E-state index < -0.39 is 15.8 Å². The highest BCUT2D eigenvalue weighted by atomic mass is 32.2. The third kappa shape index (κ3) is 2.19. The Bertz CT molecular complexity index is 507. The molecule has 0 aliphatic heterocycles. The summed E-state index contributed by atoms with van der Waals surface area (Å²) in [5.74, 6) is -0.936. The molecule has 0 radical (unpaired) electrons. The van der Waals surface area contributed by atoms with Crippen molar-refractivity contribution in [3.8, 4) is 0 Å². The molecule has 74 valence electrons. The van der Waals surface area contributed by atoms with Gasteiger partial charge in [0.05, 0.1) is 10.6 Å². The van der Waals surface area contributed by atoms with Crippen molar-refractivity contribution in [2.45, 2.75) is 4.90 Å². The monoisotopic (exact) mass is 216 g/mol. The van der Waals surface area contributed by atoms with Crippen LogP contribution >= 0.6 is 0 Å². The van der Waals surface area contributed by atoms with Gasteiger partial charge in [0.2, 0.25) is 10.0 Å². The minimum absolute atomic E-state index is 0.278. The fourth-order valence-corrected chi connectivity index (χ4v) is 1.32. The number of hydrogen-bond donors (Lipinski definition) is 1. The average Bonchev–Trinajstić information content (AvgIpc) is 2.07. The zero-order valence-corrected chi connectivity index (χ0v) is 7.57. The Morgan fingerprint density at radius 1 is 1.50 bits per heavy atom. The number of rotatable bonds is 2. The first-order chi connectivity index (χ1) is 6.45. The van der Waals surface area contributed by atoms with Crippen molar-refractivity contribution < 1.29 is 12.8 Å². The zero-order chi connectivity index (χ0) is 10.8. The summed E-state index contributed by atoms with van der Waals surface area (Å²) in [5, 5.41) is 7.75. The van der Waals surface area contributed by atoms with Crippen LogP contribution in [-0.4, -0.2) is 8.42 Å². The quantitative estimate of drug-likeness (QED) is 0.458. The number of sulfonamides is 1. The first-order valence-electron chi connectivity index (χ1n) is 3.32. The molecular formula is C6H5FN4O2S. The van der Waals surface area contributed by atoms with E-state index >= 15 is 0 Å². The fraction of sp³-hybridized carbons (Fsp3) is 0. The molecule has 8 heteroatoms. The van der Waals surface area contributed by atoms with Crippen LogP contribution in [-0.2, 0) is 10.0 Å². The molecule has 1 aromatic rings. The molecule has 0 bridgehead atoms. The van der Waals surface area contributed by atoms with Gasteiger partial charge >= 0.3 is 0 Å². The zero-order valence-electron chi connectivity index (χ0n) is 6.75. The lowest BCUT2D eigenvalue weighted by atomic mass is 10.3. The molecule has 0 fully saturated rings. The van der Waals surface area contributed by atoms with Crippen LogP contribution in [0.15, 0.2) is 28.2 Å². The Hall–Kier alpha value is -1.63. The Balaban J connectivity index is 3.33. The highest BCUT2D eigenvalue weighted by Crippen LogP contribution is 2.20. The van der Waals surface area contributed by atoms with Gasteiger partial charge in [0, 0.05) is 4.91 Å². The van der Waals surface area contributed by atoms with Crippen LogP contribution in [0.4, 0.5) is 10.1 Å². The minimum atomic E-state index is -3.93. The van der Waals surface area contributed by atoms with Crippen molar-refractivity contribution in [3.05, 3.63) is 34.5 Å². The first-order valence-corrected chi connectivity index (χ1v) is 4.87. The third-order valence-electron chi connectivity index (χ3n) is 1.40. The second-order valence-corrected chi connectivity index (χ2v) is 3.91. The Morgan fingerprint density at radius 2 is 2.14 bits per heavy atom. The number of hydrogen-bond acceptors (Lipinski definition) is 3. The maximum atomic E-state index is 13.0. The van der Waals surface area contributed by atoms with Crippen LogP contribution in [0.2, 0.25) is 0 Å². The van der Waals surface area contributed by atoms with E-state index in [1.165, 1.54) is 0 Å². The number of primary sulfonamides is 1. The lowest BCUT2D eigenvalue weighted by Gasteiger charge is -1.99. The highest BCUT2D eigenvalue weighted by molar-refractivity contribution is 7.89. The maximum absolute atomic E-state index is 13.0. The molecule has 0 saturated heterocycles. The summed E-state index contributed by atoms with van der Waals surface area (Å²) in [6.45, 7) is 0. The largest absolute Gasteiger partial charge is 0.238 e. The van der Waals surface area contributed by atoms with Gasteiger partial charge in [-0.3, -0.25) is 0 Å². The predicted octanol–water partition coefficient (Wildman–Crippen LogP) is 1.41. The lowest BCUT2D eigenvalue weighted by molar-refractivity contribution is 0.592. The van der Waals surface area contributed by atoms with E-state index in [1.807, 2.05) is 0 Å². The van der Waals surface area contributed by atoms with Gasteiger partial charge in [-0.25, -0.2) is 17.9 Å². The van der Waals surface area contributed by atoms with Crippen LogP contribution in [0.3, 0.4) is 0 Å². The molecule has 0 saturated carbocycles. The normalized spacial score (nSPS) is 10.7. The summed E-state index contributed by atoms with van der Waals surface area (Å²) in [6, 6.07) is 2.79. The summed E-state index contributed by atoms with van der Waals surface area (Å²) < 4.78 is 34.5. The van der Waals surface area contributed by atoms with E-state index in [2.05, 4.69) is 10.0 Å². The van der Waals surface area contributed by atoms with Crippen molar-refractivity contribution in [1.82, 2.24) is 0 Å². The topological polar surface area (TPSA) is 109 Å². The number of nitrogens with zero attached hydrogens (tertiary/aromatic N) is 3. The molecular weight excluding hydrogens is 211 g/mol. The van der Waals surface area contributed by atoms with Crippen molar-refractivity contribution in [3.63, 3.8) is 0 Å². The van der Waals surface area contributed by atoms with Gasteiger partial charge in [0.15, 0.2) is 0 Å². The Labute approximate surface area is 78.8 Å². The van der Waals surface area contributed by atoms with E-state index in [0.717, 1.165) is 12.1 Å². The molecule has 0 heterocycles. The molecule has 0 atom stereocenters. The number of benzene rings is 1. The molecule has 2 N–H and O–H groups in total. The molecule has 0 unspecified atom stereocenters. The van der Waals surface area contributed by atoms with Crippen LogP contribution in [0.1, 0.15) is 0 Å². The Kier molecular flexibility index (Phi) is 2.70. The Morgan fingerprint density at radius 3 is 2.57 bits per heavy atom. The molecule has 14 heavy (non-hydrogen) atoms. The van der Waals surface area contributed by atoms with Gasteiger partial charge in [-0.05, 0) is 23.7 Å². The lowest BCUT2D eigenvalue weighted by Crippen LogP contribution is -2.12. The standard InChI is InChI=1S/C6H5FN4O2S/c7-5-3-4(14(9,12)13)1-2-6(5)10-11-8/h1-3H,(H2,9,12,13). The summed E-state index contributed by atoms with van der Waals surface area (Å²) in [6.07, 6.45) is 0. The summed E-state index contributed by atoms with van der Waals surface area (Å²) in [7, 11) is -3.93. The molecule has 0 aromatic heterocycles. The number of azide groups is 1. The van der Waals surface area contributed by atoms with E-state index in [4.69, 9.17) is 10.7 Å². The molecule has 0 aliphatic rings. The second kappa shape index (κ2) is 3.62. The maximum Gasteiger partial charge on any atom is 0.238 e. The molecule has 6 nitrogen and oxygen atoms in total. The van der Waals surface area contributed by atoms with Gasteiger partial charge < -0.3 is 0 Å². The van der Waals surface area contributed by atoms with E-state index in [-0.39, 0.29) is 10.6 Å². The van der Waals surface area contributed by atoms with Crippen LogP contribution < -0.4 is 5.14 Å². The number of halogens is 1. The summed E-state index contributed by atoms with van der Waals surface area (Å²) >= 11 is 0. The van der Waals surface area contributed by atoms with Crippen LogP contribution in [0.25, 0.3) is 10.4 Å². The van der Waals surface area contributed by atoms with Crippen LogP contribution in [0, 0.1) is 5.82 Å². The first kappa shape index (κ1) is 10.5. The van der Waals surface area contributed by atoms with Gasteiger partial charge in [-0.1, -0.05) is 5.11 Å². The number of nitrogens with two attached hydrogens (primary N) is 1. The van der Waals surface area contributed by atoms with Crippen molar-refractivity contribution in [1.29, 1.82) is 0 Å². The third-order valence-corrected chi connectivity index (χ3v) is 2.31. The van der Waals surface area contributed by atoms with Gasteiger partial charge in [0.1, 0.15) is 5.82 Å². The second-order valence-electron chi connectivity index (χ2n) is 2.35. The average molecular weight is 216 g/mol. The summed E-state index contributed by atoms with van der Waals surface area (Å²) in [5.41, 5.74) is 7.74. The smallest absolute Gasteiger partial charge is 0.225 e. The molecule has 1 aromatic carbocycles. The van der Waals surface area contributed by atoms with Crippen molar-refractivity contribution >= 4 is 15.7 Å². The van der Waals surface area contributed by atoms with E-state index in [1.54, 1.807) is 0 Å². The van der Waals surface area contributed by atoms with Crippen molar-refractivity contribution in [2.24, 2.45) is 10.3 Å². The highest BCUT2D eigenvalue weighted by Gasteiger charge is 2.10. The van der Waals surface area contributed by atoms with Gasteiger partial charge in [-0.15, -0.1) is 0 Å².